The number of nitrogens with one attached hydrogen (secondary N) is 1. The molecule has 0 bridgehead atoms. The van der Waals surface area contributed by atoms with Crippen LogP contribution in [0.4, 0.5) is 11.4 Å². The number of carbonyl (C=O) groups is 1. The van der Waals surface area contributed by atoms with Crippen LogP contribution in [0.5, 0.6) is 11.5 Å². The minimum Gasteiger partial charge on any atom is -0.507 e. The maximum absolute atomic E-state index is 11.9. The van der Waals surface area contributed by atoms with E-state index in [0.29, 0.717) is 27.5 Å². The fourth-order valence-electron chi connectivity index (χ4n) is 4.46. The minimum absolute atomic E-state index is 0.00297. The molecule has 0 spiro atoms. The Morgan fingerprint density at radius 2 is 1.87 bits per heavy atom. The third-order valence-corrected chi connectivity index (χ3v) is 7.28. The number of fused-ring (bicyclic) bond motifs is 2. The summed E-state index contributed by atoms with van der Waals surface area (Å²) in [7, 11) is 0. The standard InChI is InChI=1S/C30H24N4O3S/c1-18-7-3-6-10-24(18)32-30-34(33-19(2)22-13-11-20-8-4-5-9-23(20)29(22)36)26(17-38-30)21-12-14-27-25(15-21)31-28(35)16-37-27/h3-15,17,36H,16H2,1-2H3,(H,31,35). The summed E-state index contributed by atoms with van der Waals surface area (Å²) in [5, 5.41) is 22.6. The van der Waals surface area contributed by atoms with Gasteiger partial charge in [-0.1, -0.05) is 48.5 Å². The van der Waals surface area contributed by atoms with Gasteiger partial charge >= 0.3 is 0 Å². The predicted octanol–water partition coefficient (Wildman–Crippen LogP) is 6.22. The van der Waals surface area contributed by atoms with Gasteiger partial charge in [0, 0.05) is 21.9 Å². The van der Waals surface area contributed by atoms with Gasteiger partial charge in [0.05, 0.1) is 22.8 Å². The van der Waals surface area contributed by atoms with E-state index < -0.39 is 0 Å². The SMILES string of the molecule is CC(=Nn1c(-c2ccc3c(c2)NC(=O)CO3)csc1=Nc1ccccc1C)c1ccc2ccccc2c1O. The van der Waals surface area contributed by atoms with Crippen LogP contribution in [0.1, 0.15) is 18.1 Å². The number of rotatable bonds is 4. The smallest absolute Gasteiger partial charge is 0.262 e. The number of thiazole rings is 1. The first-order valence-electron chi connectivity index (χ1n) is 12.1. The average Bonchev–Trinajstić information content (AvgIpc) is 3.31. The van der Waals surface area contributed by atoms with Crippen molar-refractivity contribution >= 4 is 45.1 Å². The predicted molar refractivity (Wildman–Crippen MR) is 151 cm³/mol. The molecule has 0 atom stereocenters. The van der Waals surface area contributed by atoms with Crippen LogP contribution in [0.2, 0.25) is 0 Å². The number of hydrogen-bond donors (Lipinski definition) is 2. The number of aromatic nitrogens is 1. The minimum atomic E-state index is -0.191. The summed E-state index contributed by atoms with van der Waals surface area (Å²) in [6, 6.07) is 25.2. The highest BCUT2D eigenvalue weighted by Gasteiger charge is 2.18. The second kappa shape index (κ2) is 9.64. The largest absolute Gasteiger partial charge is 0.507 e. The lowest BCUT2D eigenvalue weighted by molar-refractivity contribution is -0.118. The van der Waals surface area contributed by atoms with Crippen molar-refractivity contribution in [1.29, 1.82) is 0 Å². The van der Waals surface area contributed by atoms with Crippen molar-refractivity contribution in [3.8, 4) is 22.8 Å². The second-order valence-corrected chi connectivity index (χ2v) is 9.87. The van der Waals surface area contributed by atoms with Crippen LogP contribution in [-0.2, 0) is 4.79 Å². The molecule has 2 heterocycles. The van der Waals surface area contributed by atoms with Crippen LogP contribution in [0.15, 0.2) is 94.3 Å². The summed E-state index contributed by atoms with van der Waals surface area (Å²) in [6.07, 6.45) is 0. The highest BCUT2D eigenvalue weighted by Crippen LogP contribution is 2.34. The molecule has 38 heavy (non-hydrogen) atoms. The molecule has 0 unspecified atom stereocenters. The van der Waals surface area contributed by atoms with Crippen molar-refractivity contribution in [2.24, 2.45) is 10.1 Å². The van der Waals surface area contributed by atoms with Crippen LogP contribution in [0.3, 0.4) is 0 Å². The molecule has 0 aliphatic carbocycles. The van der Waals surface area contributed by atoms with E-state index in [-0.39, 0.29) is 18.3 Å². The highest BCUT2D eigenvalue weighted by molar-refractivity contribution is 7.07. The fourth-order valence-corrected chi connectivity index (χ4v) is 5.30. The maximum atomic E-state index is 11.9. The van der Waals surface area contributed by atoms with Gasteiger partial charge in [-0.05, 0) is 55.1 Å². The van der Waals surface area contributed by atoms with Crippen LogP contribution in [0.25, 0.3) is 22.0 Å². The van der Waals surface area contributed by atoms with E-state index in [1.54, 1.807) is 4.68 Å². The third-order valence-electron chi connectivity index (χ3n) is 6.47. The molecular weight excluding hydrogens is 496 g/mol. The summed E-state index contributed by atoms with van der Waals surface area (Å²) in [4.78, 5) is 17.5. The van der Waals surface area contributed by atoms with Crippen molar-refractivity contribution < 1.29 is 14.6 Å². The first-order chi connectivity index (χ1) is 18.5. The molecule has 8 heteroatoms. The molecule has 4 aromatic carbocycles. The monoisotopic (exact) mass is 520 g/mol. The molecule has 6 rings (SSSR count). The number of phenolic OH excluding ortho intramolecular Hbond substituents is 1. The zero-order valence-electron chi connectivity index (χ0n) is 20.8. The van der Waals surface area contributed by atoms with Crippen molar-refractivity contribution in [2.75, 3.05) is 11.9 Å². The topological polar surface area (TPSA) is 88.2 Å². The number of amides is 1. The summed E-state index contributed by atoms with van der Waals surface area (Å²) < 4.78 is 7.32. The zero-order chi connectivity index (χ0) is 26.2. The summed E-state index contributed by atoms with van der Waals surface area (Å²) in [5.41, 5.74) is 5.43. The van der Waals surface area contributed by atoms with Gasteiger partial charge in [0.1, 0.15) is 11.5 Å². The van der Waals surface area contributed by atoms with E-state index in [0.717, 1.165) is 33.3 Å². The van der Waals surface area contributed by atoms with E-state index in [1.165, 1.54) is 11.3 Å². The zero-order valence-corrected chi connectivity index (χ0v) is 21.6. The molecule has 7 nitrogen and oxygen atoms in total. The number of carbonyl (C=O) groups excluding carboxylic acids is 1. The van der Waals surface area contributed by atoms with Crippen LogP contribution in [-0.4, -0.2) is 28.0 Å². The van der Waals surface area contributed by atoms with Crippen molar-refractivity contribution in [1.82, 2.24) is 4.68 Å². The van der Waals surface area contributed by atoms with Crippen molar-refractivity contribution in [3.63, 3.8) is 0 Å². The summed E-state index contributed by atoms with van der Waals surface area (Å²) in [6.45, 7) is 3.89. The molecule has 1 aliphatic heterocycles. The number of nitrogens with zero attached hydrogens (tertiary/aromatic N) is 3. The molecule has 1 aromatic heterocycles. The number of aryl methyl sites for hydroxylation is 1. The summed E-state index contributed by atoms with van der Waals surface area (Å²) in [5.74, 6) is 0.622. The first-order valence-corrected chi connectivity index (χ1v) is 13.0. The van der Waals surface area contributed by atoms with Gasteiger partial charge in [-0.3, -0.25) is 4.79 Å². The number of ether oxygens (including phenoxy) is 1. The van der Waals surface area contributed by atoms with Gasteiger partial charge in [0.25, 0.3) is 5.91 Å². The number of hydrogen-bond acceptors (Lipinski definition) is 6. The molecule has 0 fully saturated rings. The molecular formula is C30H24N4O3S. The normalized spacial score (nSPS) is 13.8. The van der Waals surface area contributed by atoms with E-state index in [9.17, 15) is 9.90 Å². The fraction of sp³-hybridized carbons (Fsp3) is 0.100. The third kappa shape index (κ3) is 4.35. The van der Waals surface area contributed by atoms with E-state index in [4.69, 9.17) is 14.8 Å². The second-order valence-electron chi connectivity index (χ2n) is 9.03. The lowest BCUT2D eigenvalue weighted by Gasteiger charge is -2.18. The van der Waals surface area contributed by atoms with E-state index in [2.05, 4.69) is 5.32 Å². The van der Waals surface area contributed by atoms with Gasteiger partial charge in [-0.2, -0.15) is 5.10 Å². The lowest BCUT2D eigenvalue weighted by Crippen LogP contribution is -2.25. The molecule has 1 aliphatic rings. The Bertz CT molecular complexity index is 1820. The van der Waals surface area contributed by atoms with Crippen LogP contribution in [0, 0.1) is 6.92 Å². The number of anilines is 1. The molecule has 2 N–H and O–H groups in total. The molecule has 5 aromatic rings. The lowest BCUT2D eigenvalue weighted by atomic mass is 10.0. The van der Waals surface area contributed by atoms with E-state index in [1.807, 2.05) is 98.1 Å². The highest BCUT2D eigenvalue weighted by atomic mass is 32.1. The van der Waals surface area contributed by atoms with E-state index >= 15 is 0 Å². The molecule has 1 amide bonds. The van der Waals surface area contributed by atoms with Gasteiger partial charge in [0.15, 0.2) is 6.61 Å². The Kier molecular flexibility index (Phi) is 6.01. The number of benzene rings is 4. The average molecular weight is 521 g/mol. The number of phenols is 1. The Balaban J connectivity index is 1.54. The number of aromatic hydroxyl groups is 1. The Morgan fingerprint density at radius 3 is 2.74 bits per heavy atom. The van der Waals surface area contributed by atoms with Crippen LogP contribution < -0.4 is 14.9 Å². The quantitative estimate of drug-likeness (QED) is 0.276. The van der Waals surface area contributed by atoms with Crippen molar-refractivity contribution in [2.45, 2.75) is 13.8 Å². The molecule has 0 radical (unpaired) electrons. The molecule has 188 valence electrons. The number of para-hydroxylation sites is 1. The van der Waals surface area contributed by atoms with Gasteiger partial charge in [-0.15, -0.1) is 11.3 Å². The van der Waals surface area contributed by atoms with Gasteiger partial charge < -0.3 is 15.2 Å². The van der Waals surface area contributed by atoms with Gasteiger partial charge in [0.2, 0.25) is 4.80 Å². The summed E-state index contributed by atoms with van der Waals surface area (Å²) >= 11 is 1.46. The Hall–Kier alpha value is -4.69. The Morgan fingerprint density at radius 1 is 1.05 bits per heavy atom. The molecule has 0 saturated carbocycles. The van der Waals surface area contributed by atoms with Crippen LogP contribution >= 0.6 is 11.3 Å². The molecule has 0 saturated heterocycles. The Labute approximate surface area is 223 Å². The first kappa shape index (κ1) is 23.7. The van der Waals surface area contributed by atoms with Crippen molar-refractivity contribution in [3.05, 3.63) is 100 Å². The maximum Gasteiger partial charge on any atom is 0.262 e. The van der Waals surface area contributed by atoms with Gasteiger partial charge in [-0.25, -0.2) is 9.67 Å².